The lowest BCUT2D eigenvalue weighted by atomic mass is 9.95. The smallest absolute Gasteiger partial charge is 0.264 e. The number of benzene rings is 2. The fourth-order valence-corrected chi connectivity index (χ4v) is 3.96. The average Bonchev–Trinajstić information content (AvgIpc) is 2.88. The number of carbonyl (C=O) groups excluding carboxylic acids is 2. The van der Waals surface area contributed by atoms with Crippen LogP contribution in [0.25, 0.3) is 11.3 Å². The molecule has 0 spiro atoms. The number of hydrogen-bond donors (Lipinski definition) is 2. The van der Waals surface area contributed by atoms with Crippen molar-refractivity contribution >= 4 is 17.5 Å². The van der Waals surface area contributed by atoms with Crippen LogP contribution in [0.15, 0.2) is 59.4 Å². The van der Waals surface area contributed by atoms with Crippen LogP contribution in [0, 0.1) is 5.92 Å². The quantitative estimate of drug-likeness (QED) is 0.582. The van der Waals surface area contributed by atoms with Crippen LogP contribution in [0.2, 0.25) is 0 Å². The van der Waals surface area contributed by atoms with Gasteiger partial charge in [-0.25, -0.2) is 5.10 Å². The van der Waals surface area contributed by atoms with Crippen LogP contribution in [0.5, 0.6) is 11.5 Å². The van der Waals surface area contributed by atoms with Gasteiger partial charge in [-0.1, -0.05) is 12.1 Å². The second-order valence-electron chi connectivity index (χ2n) is 8.04. The molecular weight excluding hydrogens is 436 g/mol. The fourth-order valence-electron chi connectivity index (χ4n) is 3.96. The van der Waals surface area contributed by atoms with E-state index in [4.69, 9.17) is 9.47 Å². The number of likely N-dealkylation sites (tertiary alicyclic amines) is 1. The van der Waals surface area contributed by atoms with Gasteiger partial charge in [-0.2, -0.15) is 5.10 Å². The molecule has 1 aromatic heterocycles. The number of nitrogens with one attached hydrogen (secondary N) is 2. The third-order valence-electron chi connectivity index (χ3n) is 5.86. The monoisotopic (exact) mass is 462 g/mol. The molecule has 1 fully saturated rings. The van der Waals surface area contributed by atoms with E-state index in [1.165, 1.54) is 6.07 Å². The second kappa shape index (κ2) is 10.2. The summed E-state index contributed by atoms with van der Waals surface area (Å²) in [5, 5.41) is 9.40. The lowest BCUT2D eigenvalue weighted by Gasteiger charge is -2.31. The SMILES string of the molecule is COc1cc(OC)cc(C(=O)N2CCC(C(=O)Nc3cccc(-c4ccc(=O)[nH]n4)c3)CC2)c1. The number of nitrogens with zero attached hydrogens (tertiary/aromatic N) is 2. The molecule has 3 aromatic rings. The highest BCUT2D eigenvalue weighted by molar-refractivity contribution is 5.96. The lowest BCUT2D eigenvalue weighted by molar-refractivity contribution is -0.121. The summed E-state index contributed by atoms with van der Waals surface area (Å²) >= 11 is 0. The van der Waals surface area contributed by atoms with Crippen LogP contribution >= 0.6 is 0 Å². The van der Waals surface area contributed by atoms with Gasteiger partial charge in [-0.15, -0.1) is 0 Å². The van der Waals surface area contributed by atoms with Gasteiger partial charge >= 0.3 is 0 Å². The predicted molar refractivity (Wildman–Crippen MR) is 127 cm³/mol. The molecule has 2 heterocycles. The van der Waals surface area contributed by atoms with Gasteiger partial charge < -0.3 is 19.7 Å². The molecule has 9 nitrogen and oxygen atoms in total. The maximum absolute atomic E-state index is 13.0. The summed E-state index contributed by atoms with van der Waals surface area (Å²) in [5.74, 6) is 0.713. The van der Waals surface area contributed by atoms with Gasteiger partial charge in [0, 0.05) is 48.0 Å². The van der Waals surface area contributed by atoms with E-state index in [1.54, 1.807) is 43.4 Å². The first-order chi connectivity index (χ1) is 16.5. The number of piperidine rings is 1. The number of hydrogen-bond acceptors (Lipinski definition) is 6. The Bertz CT molecular complexity index is 1210. The van der Waals surface area contributed by atoms with Crippen molar-refractivity contribution in [3.63, 3.8) is 0 Å². The molecule has 1 aliphatic rings. The van der Waals surface area contributed by atoms with E-state index in [1.807, 2.05) is 24.3 Å². The van der Waals surface area contributed by atoms with Crippen LogP contribution in [0.1, 0.15) is 23.2 Å². The number of ether oxygens (including phenoxy) is 2. The van der Waals surface area contributed by atoms with E-state index in [2.05, 4.69) is 15.5 Å². The molecular formula is C25H26N4O5. The van der Waals surface area contributed by atoms with Crippen molar-refractivity contribution in [3.8, 4) is 22.8 Å². The predicted octanol–water partition coefficient (Wildman–Crippen LogP) is 2.95. The topological polar surface area (TPSA) is 114 Å². The van der Waals surface area contributed by atoms with Gasteiger partial charge in [-0.3, -0.25) is 14.4 Å². The molecule has 0 unspecified atom stereocenters. The van der Waals surface area contributed by atoms with Crippen molar-refractivity contribution in [1.82, 2.24) is 15.1 Å². The van der Waals surface area contributed by atoms with Crippen LogP contribution in [0.3, 0.4) is 0 Å². The summed E-state index contributed by atoms with van der Waals surface area (Å²) in [6.45, 7) is 0.968. The molecule has 4 rings (SSSR count). The first-order valence-corrected chi connectivity index (χ1v) is 11.0. The summed E-state index contributed by atoms with van der Waals surface area (Å²) in [6.07, 6.45) is 1.14. The lowest BCUT2D eigenvalue weighted by Crippen LogP contribution is -2.41. The largest absolute Gasteiger partial charge is 0.497 e. The van der Waals surface area contributed by atoms with Crippen LogP contribution < -0.4 is 20.3 Å². The highest BCUT2D eigenvalue weighted by atomic mass is 16.5. The van der Waals surface area contributed by atoms with Gasteiger partial charge in [-0.05, 0) is 43.2 Å². The molecule has 0 saturated carbocycles. The molecule has 2 aromatic carbocycles. The molecule has 9 heteroatoms. The summed E-state index contributed by atoms with van der Waals surface area (Å²) in [6, 6.07) is 15.4. The Morgan fingerprint density at radius 3 is 2.32 bits per heavy atom. The van der Waals surface area contributed by atoms with E-state index in [0.29, 0.717) is 54.4 Å². The van der Waals surface area contributed by atoms with Gasteiger partial charge in [0.15, 0.2) is 0 Å². The molecule has 2 N–H and O–H groups in total. The van der Waals surface area contributed by atoms with Crippen LogP contribution in [-0.2, 0) is 4.79 Å². The van der Waals surface area contributed by atoms with E-state index in [-0.39, 0.29) is 23.3 Å². The molecule has 0 bridgehead atoms. The summed E-state index contributed by atoms with van der Waals surface area (Å²) < 4.78 is 10.5. The van der Waals surface area contributed by atoms with Gasteiger partial charge in [0.05, 0.1) is 19.9 Å². The van der Waals surface area contributed by atoms with Gasteiger partial charge in [0.25, 0.3) is 11.5 Å². The maximum atomic E-state index is 13.0. The minimum atomic E-state index is -0.274. The van der Waals surface area contributed by atoms with E-state index >= 15 is 0 Å². The fraction of sp³-hybridized carbons (Fsp3) is 0.280. The van der Waals surface area contributed by atoms with Crippen molar-refractivity contribution in [3.05, 3.63) is 70.5 Å². The van der Waals surface area contributed by atoms with E-state index in [0.717, 1.165) is 5.56 Å². The second-order valence-corrected chi connectivity index (χ2v) is 8.04. The first kappa shape index (κ1) is 23.0. The standard InChI is InChI=1S/C25H26N4O5/c1-33-20-13-18(14-21(15-20)34-2)25(32)29-10-8-16(9-11-29)24(31)26-19-5-3-4-17(12-19)22-6-7-23(30)28-27-22/h3-7,12-16H,8-11H2,1-2H3,(H,26,31)(H,28,30). The zero-order valence-electron chi connectivity index (χ0n) is 19.0. The minimum absolute atomic E-state index is 0.0817. The molecule has 0 atom stereocenters. The van der Waals surface area contributed by atoms with Crippen molar-refractivity contribution in [2.24, 2.45) is 5.92 Å². The number of carbonyl (C=O) groups is 2. The summed E-state index contributed by atoms with van der Waals surface area (Å²) in [5.41, 5.74) is 2.26. The van der Waals surface area contributed by atoms with Gasteiger partial charge in [0.1, 0.15) is 11.5 Å². The zero-order chi connectivity index (χ0) is 24.1. The molecule has 0 aliphatic carbocycles. The molecule has 0 radical (unpaired) electrons. The Morgan fingerprint density at radius 1 is 1.00 bits per heavy atom. The van der Waals surface area contributed by atoms with Gasteiger partial charge in [0.2, 0.25) is 5.91 Å². The van der Waals surface area contributed by atoms with Crippen molar-refractivity contribution in [1.29, 1.82) is 0 Å². The van der Waals surface area contributed by atoms with Crippen molar-refractivity contribution in [2.45, 2.75) is 12.8 Å². The zero-order valence-corrected chi connectivity index (χ0v) is 19.0. The first-order valence-electron chi connectivity index (χ1n) is 11.0. The molecule has 2 amide bonds. The summed E-state index contributed by atoms with van der Waals surface area (Å²) in [4.78, 5) is 38.8. The number of methoxy groups -OCH3 is 2. The normalized spacial score (nSPS) is 13.9. The number of anilines is 1. The summed E-state index contributed by atoms with van der Waals surface area (Å²) in [7, 11) is 3.08. The molecule has 34 heavy (non-hydrogen) atoms. The van der Waals surface area contributed by atoms with E-state index < -0.39 is 0 Å². The van der Waals surface area contributed by atoms with Crippen molar-refractivity contribution < 1.29 is 19.1 Å². The Morgan fingerprint density at radius 2 is 1.71 bits per heavy atom. The van der Waals surface area contributed by atoms with Crippen LogP contribution in [-0.4, -0.2) is 54.2 Å². The Kier molecular flexibility index (Phi) is 6.91. The third kappa shape index (κ3) is 5.25. The number of rotatable bonds is 6. The Labute approximate surface area is 196 Å². The molecule has 1 saturated heterocycles. The van der Waals surface area contributed by atoms with E-state index in [9.17, 15) is 14.4 Å². The minimum Gasteiger partial charge on any atom is -0.497 e. The molecule has 1 aliphatic heterocycles. The Hall–Kier alpha value is -4.14. The highest BCUT2D eigenvalue weighted by Gasteiger charge is 2.28. The van der Waals surface area contributed by atoms with Crippen molar-refractivity contribution in [2.75, 3.05) is 32.6 Å². The number of aromatic nitrogens is 2. The van der Waals surface area contributed by atoms with Crippen LogP contribution in [0.4, 0.5) is 5.69 Å². The maximum Gasteiger partial charge on any atom is 0.264 e. The number of amides is 2. The highest BCUT2D eigenvalue weighted by Crippen LogP contribution is 2.26. The number of aromatic amines is 1. The Balaban J connectivity index is 1.37. The third-order valence-corrected chi connectivity index (χ3v) is 5.86. The number of H-pyrrole nitrogens is 1. The molecule has 176 valence electrons. The average molecular weight is 463 g/mol.